The van der Waals surface area contributed by atoms with Gasteiger partial charge in [0.15, 0.2) is 5.96 Å². The molecular formula is C13H28IN3. The maximum absolute atomic E-state index is 5.80. The Morgan fingerprint density at radius 1 is 1.29 bits per heavy atom. The second-order valence-electron chi connectivity index (χ2n) is 5.13. The van der Waals surface area contributed by atoms with Crippen LogP contribution in [0, 0.1) is 11.8 Å². The van der Waals surface area contributed by atoms with Crippen LogP contribution in [0.2, 0.25) is 0 Å². The van der Waals surface area contributed by atoms with E-state index >= 15 is 0 Å². The molecule has 0 bridgehead atoms. The number of hydrogen-bond acceptors (Lipinski definition) is 1. The van der Waals surface area contributed by atoms with Crippen LogP contribution in [0.1, 0.15) is 52.4 Å². The van der Waals surface area contributed by atoms with Gasteiger partial charge in [-0.05, 0) is 31.1 Å². The molecular weight excluding hydrogens is 325 g/mol. The second kappa shape index (κ2) is 9.97. The summed E-state index contributed by atoms with van der Waals surface area (Å²) in [5, 5.41) is 3.16. The minimum Gasteiger partial charge on any atom is -0.370 e. The normalized spacial score (nSPS) is 25.2. The molecule has 1 rings (SSSR count). The van der Waals surface area contributed by atoms with E-state index in [2.05, 4.69) is 24.2 Å². The molecule has 0 aromatic rings. The molecule has 1 saturated carbocycles. The highest BCUT2D eigenvalue weighted by Gasteiger charge is 2.17. The lowest BCUT2D eigenvalue weighted by atomic mass is 9.83. The van der Waals surface area contributed by atoms with Gasteiger partial charge in [0.25, 0.3) is 0 Å². The van der Waals surface area contributed by atoms with Crippen molar-refractivity contribution in [3.05, 3.63) is 0 Å². The lowest BCUT2D eigenvalue weighted by Crippen LogP contribution is -2.33. The van der Waals surface area contributed by atoms with Gasteiger partial charge in [-0.2, -0.15) is 0 Å². The van der Waals surface area contributed by atoms with Gasteiger partial charge in [0.2, 0.25) is 0 Å². The van der Waals surface area contributed by atoms with Gasteiger partial charge in [-0.3, -0.25) is 4.99 Å². The summed E-state index contributed by atoms with van der Waals surface area (Å²) in [5.41, 5.74) is 5.80. The average molecular weight is 353 g/mol. The number of nitrogens with two attached hydrogens (primary N) is 1. The van der Waals surface area contributed by atoms with Gasteiger partial charge in [-0.1, -0.05) is 33.1 Å². The minimum absolute atomic E-state index is 0. The van der Waals surface area contributed by atoms with E-state index in [0.717, 1.165) is 31.3 Å². The van der Waals surface area contributed by atoms with Crippen LogP contribution in [-0.4, -0.2) is 19.0 Å². The van der Waals surface area contributed by atoms with Gasteiger partial charge in [0.05, 0.1) is 0 Å². The van der Waals surface area contributed by atoms with E-state index in [1.807, 2.05) is 0 Å². The molecule has 0 spiro atoms. The molecule has 0 radical (unpaired) electrons. The Morgan fingerprint density at radius 3 is 2.53 bits per heavy atom. The first kappa shape index (κ1) is 17.0. The number of unbranched alkanes of at least 4 members (excludes halogenated alkanes) is 1. The minimum atomic E-state index is 0. The zero-order valence-corrected chi connectivity index (χ0v) is 13.6. The summed E-state index contributed by atoms with van der Waals surface area (Å²) in [7, 11) is 0. The highest BCUT2D eigenvalue weighted by Crippen LogP contribution is 2.28. The largest absolute Gasteiger partial charge is 0.370 e. The fourth-order valence-electron chi connectivity index (χ4n) is 2.19. The number of nitrogens with zero attached hydrogens (tertiary/aromatic N) is 1. The second-order valence-corrected chi connectivity index (χ2v) is 5.13. The number of rotatable bonds is 5. The molecule has 1 aliphatic carbocycles. The maximum atomic E-state index is 5.80. The van der Waals surface area contributed by atoms with Crippen molar-refractivity contribution in [2.45, 2.75) is 52.4 Å². The number of halogens is 1. The third-order valence-electron chi connectivity index (χ3n) is 3.49. The maximum Gasteiger partial charge on any atom is 0.188 e. The van der Waals surface area contributed by atoms with Gasteiger partial charge >= 0.3 is 0 Å². The molecule has 1 fully saturated rings. The molecule has 3 nitrogen and oxygen atoms in total. The summed E-state index contributed by atoms with van der Waals surface area (Å²) < 4.78 is 0. The molecule has 0 unspecified atom stereocenters. The van der Waals surface area contributed by atoms with E-state index < -0.39 is 0 Å². The summed E-state index contributed by atoms with van der Waals surface area (Å²) in [5.74, 6) is 2.31. The molecule has 0 atom stereocenters. The molecule has 3 N–H and O–H groups in total. The number of nitrogens with one attached hydrogen (secondary N) is 1. The van der Waals surface area contributed by atoms with Crippen molar-refractivity contribution >= 4 is 29.9 Å². The highest BCUT2D eigenvalue weighted by atomic mass is 127. The topological polar surface area (TPSA) is 50.4 Å². The molecule has 1 aliphatic rings. The van der Waals surface area contributed by atoms with Gasteiger partial charge < -0.3 is 11.1 Å². The zero-order chi connectivity index (χ0) is 11.8. The molecule has 0 heterocycles. The van der Waals surface area contributed by atoms with Crippen LogP contribution in [0.4, 0.5) is 0 Å². The van der Waals surface area contributed by atoms with Gasteiger partial charge in [-0.15, -0.1) is 24.0 Å². The Bertz CT molecular complexity index is 211. The van der Waals surface area contributed by atoms with E-state index in [4.69, 9.17) is 5.73 Å². The average Bonchev–Trinajstić information content (AvgIpc) is 2.29. The fraction of sp³-hybridized carbons (Fsp3) is 0.923. The molecule has 0 aliphatic heterocycles. The summed E-state index contributed by atoms with van der Waals surface area (Å²) in [6.07, 6.45) is 7.74. The SMILES string of the molecule is CCCCNC(N)=NCC1CCC(C)CC1.I. The van der Waals surface area contributed by atoms with Crippen LogP contribution in [0.25, 0.3) is 0 Å². The van der Waals surface area contributed by atoms with E-state index in [-0.39, 0.29) is 24.0 Å². The van der Waals surface area contributed by atoms with Gasteiger partial charge in [0, 0.05) is 13.1 Å². The Morgan fingerprint density at radius 2 is 1.94 bits per heavy atom. The van der Waals surface area contributed by atoms with Crippen LogP contribution in [0.5, 0.6) is 0 Å². The molecule has 0 aromatic heterocycles. The van der Waals surface area contributed by atoms with Crippen molar-refractivity contribution < 1.29 is 0 Å². The Kier molecular flexibility index (Phi) is 9.97. The van der Waals surface area contributed by atoms with Crippen LogP contribution >= 0.6 is 24.0 Å². The standard InChI is InChI=1S/C13H27N3.HI/c1-3-4-9-15-13(14)16-10-12-7-5-11(2)6-8-12;/h11-12H,3-10H2,1-2H3,(H3,14,15,16);1H. The Hall–Kier alpha value is 0. The molecule has 0 amide bonds. The quantitative estimate of drug-likeness (QED) is 0.345. The van der Waals surface area contributed by atoms with Crippen molar-refractivity contribution in [1.82, 2.24) is 5.32 Å². The highest BCUT2D eigenvalue weighted by molar-refractivity contribution is 14.0. The van der Waals surface area contributed by atoms with Gasteiger partial charge in [-0.25, -0.2) is 0 Å². The lowest BCUT2D eigenvalue weighted by molar-refractivity contribution is 0.296. The van der Waals surface area contributed by atoms with E-state index in [9.17, 15) is 0 Å². The summed E-state index contributed by atoms with van der Waals surface area (Å²) in [6.45, 7) is 6.39. The van der Waals surface area contributed by atoms with Crippen molar-refractivity contribution in [2.75, 3.05) is 13.1 Å². The van der Waals surface area contributed by atoms with Crippen LogP contribution in [0.3, 0.4) is 0 Å². The molecule has 102 valence electrons. The molecule has 4 heteroatoms. The van der Waals surface area contributed by atoms with Crippen LogP contribution in [0.15, 0.2) is 4.99 Å². The molecule has 17 heavy (non-hydrogen) atoms. The third kappa shape index (κ3) is 7.84. The summed E-state index contributed by atoms with van der Waals surface area (Å²) in [4.78, 5) is 4.43. The monoisotopic (exact) mass is 353 g/mol. The summed E-state index contributed by atoms with van der Waals surface area (Å²) in [6, 6.07) is 0. The smallest absolute Gasteiger partial charge is 0.188 e. The van der Waals surface area contributed by atoms with E-state index in [1.165, 1.54) is 32.1 Å². The first-order chi connectivity index (χ1) is 7.72. The Labute approximate surface area is 123 Å². The number of hydrogen-bond donors (Lipinski definition) is 2. The molecule has 0 aromatic carbocycles. The lowest BCUT2D eigenvalue weighted by Gasteiger charge is -2.24. The van der Waals surface area contributed by atoms with Crippen LogP contribution < -0.4 is 11.1 Å². The van der Waals surface area contributed by atoms with Crippen molar-refractivity contribution in [3.8, 4) is 0 Å². The van der Waals surface area contributed by atoms with Crippen molar-refractivity contribution in [1.29, 1.82) is 0 Å². The fourth-order valence-corrected chi connectivity index (χ4v) is 2.19. The predicted molar refractivity (Wildman–Crippen MR) is 85.9 cm³/mol. The van der Waals surface area contributed by atoms with E-state index in [0.29, 0.717) is 5.96 Å². The zero-order valence-electron chi connectivity index (χ0n) is 11.2. The van der Waals surface area contributed by atoms with Crippen LogP contribution in [-0.2, 0) is 0 Å². The van der Waals surface area contributed by atoms with Crippen molar-refractivity contribution in [3.63, 3.8) is 0 Å². The Balaban J connectivity index is 0.00000256. The van der Waals surface area contributed by atoms with E-state index in [1.54, 1.807) is 0 Å². The third-order valence-corrected chi connectivity index (χ3v) is 3.49. The predicted octanol–water partition coefficient (Wildman–Crippen LogP) is 3.14. The van der Waals surface area contributed by atoms with Crippen molar-refractivity contribution in [2.24, 2.45) is 22.6 Å². The summed E-state index contributed by atoms with van der Waals surface area (Å²) >= 11 is 0. The number of guanidine groups is 1. The first-order valence-corrected chi connectivity index (χ1v) is 6.76. The number of aliphatic imine (C=N–C) groups is 1. The first-order valence-electron chi connectivity index (χ1n) is 6.76. The van der Waals surface area contributed by atoms with Gasteiger partial charge in [0.1, 0.15) is 0 Å². The molecule has 0 saturated heterocycles.